The highest BCUT2D eigenvalue weighted by Crippen LogP contribution is 2.21. The van der Waals surface area contributed by atoms with Crippen molar-refractivity contribution in [2.45, 2.75) is 70.4 Å². The lowest BCUT2D eigenvalue weighted by Crippen LogP contribution is -2.43. The van der Waals surface area contributed by atoms with Crippen LogP contribution >= 0.6 is 0 Å². The lowest BCUT2D eigenvalue weighted by atomic mass is 9.94. The second-order valence-corrected chi connectivity index (χ2v) is 9.64. The number of hydrogen-bond acceptors (Lipinski definition) is 5. The van der Waals surface area contributed by atoms with Gasteiger partial charge in [-0.3, -0.25) is 14.4 Å². The number of likely N-dealkylation sites (tertiary alicyclic amines) is 1. The number of nitrogens with one attached hydrogen (secondary N) is 1. The van der Waals surface area contributed by atoms with E-state index in [1.807, 2.05) is 36.4 Å². The average molecular weight is 499 g/mol. The quantitative estimate of drug-likeness (QED) is 0.205. The number of ether oxygens (including phenoxy) is 1. The van der Waals surface area contributed by atoms with E-state index >= 15 is 0 Å². The predicted molar refractivity (Wildman–Crippen MR) is 141 cm³/mol. The average Bonchev–Trinajstić information content (AvgIpc) is 3.36. The zero-order valence-electron chi connectivity index (χ0n) is 21.6. The number of aliphatic hydroxyl groups is 1. The molecule has 7 heteroatoms. The molecule has 0 aliphatic carbocycles. The van der Waals surface area contributed by atoms with Crippen LogP contribution in [0.3, 0.4) is 0 Å². The van der Waals surface area contributed by atoms with Gasteiger partial charge in [-0.25, -0.2) is 0 Å². The minimum atomic E-state index is -0.558. The summed E-state index contributed by atoms with van der Waals surface area (Å²) in [6, 6.07) is 9.30. The summed E-state index contributed by atoms with van der Waals surface area (Å²) in [6.07, 6.45) is 8.54. The number of carbonyl (C=O) groups is 3. The van der Waals surface area contributed by atoms with Crippen molar-refractivity contribution in [3.05, 3.63) is 61.2 Å². The number of esters is 1. The first kappa shape index (κ1) is 29.3. The van der Waals surface area contributed by atoms with Gasteiger partial charge in [-0.15, -0.1) is 13.2 Å². The molecule has 36 heavy (non-hydrogen) atoms. The Bertz CT molecular complexity index is 856. The van der Waals surface area contributed by atoms with Crippen molar-refractivity contribution in [1.29, 1.82) is 0 Å². The van der Waals surface area contributed by atoms with Gasteiger partial charge in [-0.05, 0) is 57.4 Å². The van der Waals surface area contributed by atoms with Crippen LogP contribution in [0.1, 0.15) is 57.4 Å². The highest BCUT2D eigenvalue weighted by atomic mass is 16.5. The highest BCUT2D eigenvalue weighted by Gasteiger charge is 2.31. The molecule has 1 aliphatic rings. The number of unbranched alkanes of at least 4 members (excludes halogenated alkanes) is 1. The maximum absolute atomic E-state index is 12.9. The van der Waals surface area contributed by atoms with Gasteiger partial charge in [0.15, 0.2) is 0 Å². The van der Waals surface area contributed by atoms with Gasteiger partial charge in [0.05, 0.1) is 30.5 Å². The van der Waals surface area contributed by atoms with E-state index in [4.69, 9.17) is 4.74 Å². The summed E-state index contributed by atoms with van der Waals surface area (Å²) in [6.45, 7) is 9.86. The van der Waals surface area contributed by atoms with Crippen LogP contribution in [-0.2, 0) is 25.5 Å². The third-order valence-electron chi connectivity index (χ3n) is 6.63. The zero-order valence-corrected chi connectivity index (χ0v) is 21.6. The molecule has 1 fully saturated rings. The van der Waals surface area contributed by atoms with E-state index in [9.17, 15) is 19.5 Å². The maximum Gasteiger partial charge on any atom is 0.309 e. The van der Waals surface area contributed by atoms with E-state index in [0.29, 0.717) is 25.8 Å². The molecule has 1 aromatic rings. The van der Waals surface area contributed by atoms with Crippen LogP contribution in [0, 0.1) is 11.8 Å². The molecule has 198 valence electrons. The molecule has 0 spiro atoms. The van der Waals surface area contributed by atoms with Gasteiger partial charge in [0.1, 0.15) is 6.61 Å². The predicted octanol–water partition coefficient (Wildman–Crippen LogP) is 3.82. The fraction of sp³-hybridized carbons (Fsp3) is 0.552. The molecule has 0 unspecified atom stereocenters. The van der Waals surface area contributed by atoms with E-state index in [1.165, 1.54) is 0 Å². The largest absolute Gasteiger partial charge is 0.463 e. The van der Waals surface area contributed by atoms with E-state index < -0.39 is 12.0 Å². The van der Waals surface area contributed by atoms with E-state index in [0.717, 1.165) is 31.2 Å². The van der Waals surface area contributed by atoms with Crippen molar-refractivity contribution < 1.29 is 24.2 Å². The van der Waals surface area contributed by atoms with Gasteiger partial charge in [0.25, 0.3) is 0 Å². The van der Waals surface area contributed by atoms with Gasteiger partial charge in [-0.2, -0.15) is 0 Å². The fourth-order valence-corrected chi connectivity index (χ4v) is 4.60. The summed E-state index contributed by atoms with van der Waals surface area (Å²) in [5.41, 5.74) is 1.08. The summed E-state index contributed by atoms with van der Waals surface area (Å²) in [5.74, 6) is -1.49. The molecule has 2 amide bonds. The minimum absolute atomic E-state index is 0.0588. The zero-order chi connectivity index (χ0) is 26.3. The maximum atomic E-state index is 12.9. The summed E-state index contributed by atoms with van der Waals surface area (Å²) in [5, 5.41) is 12.4. The van der Waals surface area contributed by atoms with Crippen LogP contribution in [0.4, 0.5) is 0 Å². The molecule has 1 aromatic carbocycles. The molecule has 2 N–H and O–H groups in total. The Morgan fingerprint density at radius 1 is 1.19 bits per heavy atom. The van der Waals surface area contributed by atoms with Crippen molar-refractivity contribution in [3.63, 3.8) is 0 Å². The van der Waals surface area contributed by atoms with Crippen molar-refractivity contribution in [1.82, 2.24) is 10.2 Å². The van der Waals surface area contributed by atoms with Gasteiger partial charge in [-0.1, -0.05) is 42.5 Å². The Balaban J connectivity index is 1.88. The van der Waals surface area contributed by atoms with Crippen LogP contribution in [0.25, 0.3) is 0 Å². The van der Waals surface area contributed by atoms with E-state index in [2.05, 4.69) is 18.5 Å². The van der Waals surface area contributed by atoms with Crippen molar-refractivity contribution >= 4 is 17.8 Å². The summed E-state index contributed by atoms with van der Waals surface area (Å²) < 4.78 is 5.60. The molecule has 0 aromatic heterocycles. The standard InChI is InChI=1S/C29H42N2O5/c1-4-6-8-15-25(18-23-13-9-7-10-14-23)29(35)36-21-22(3)30-28(34)24(12-5-2)19-27(33)31-17-11-16-26(31)20-32/h4-5,7,9-10,13-14,22,24-26,32H,1-2,6,8,11-12,15-21H2,3H3,(H,30,34)/t22-,24+,25+,26-/m0/s1. The molecular formula is C29H42N2O5. The van der Waals surface area contributed by atoms with Crippen molar-refractivity contribution in [2.24, 2.45) is 11.8 Å². The van der Waals surface area contributed by atoms with Crippen LogP contribution in [0.2, 0.25) is 0 Å². The lowest BCUT2D eigenvalue weighted by molar-refractivity contribution is -0.150. The number of aliphatic hydroxyl groups excluding tert-OH is 1. The number of hydrogen-bond donors (Lipinski definition) is 2. The second-order valence-electron chi connectivity index (χ2n) is 9.64. The molecule has 0 saturated carbocycles. The minimum Gasteiger partial charge on any atom is -0.463 e. The number of nitrogens with zero attached hydrogens (tertiary/aromatic N) is 1. The Hall–Kier alpha value is -2.93. The third kappa shape index (κ3) is 9.61. The number of allylic oxidation sites excluding steroid dienone is 2. The Morgan fingerprint density at radius 3 is 2.61 bits per heavy atom. The van der Waals surface area contributed by atoms with Crippen LogP contribution in [-0.4, -0.2) is 59.6 Å². The van der Waals surface area contributed by atoms with Crippen molar-refractivity contribution in [3.8, 4) is 0 Å². The molecule has 7 nitrogen and oxygen atoms in total. The van der Waals surface area contributed by atoms with Gasteiger partial charge >= 0.3 is 5.97 Å². The number of rotatable bonds is 16. The van der Waals surface area contributed by atoms with Crippen molar-refractivity contribution in [2.75, 3.05) is 19.8 Å². The molecule has 4 atom stereocenters. The molecule has 1 saturated heterocycles. The topological polar surface area (TPSA) is 95.9 Å². The monoisotopic (exact) mass is 498 g/mol. The molecule has 1 aliphatic heterocycles. The summed E-state index contributed by atoms with van der Waals surface area (Å²) in [4.78, 5) is 40.2. The summed E-state index contributed by atoms with van der Waals surface area (Å²) >= 11 is 0. The fourth-order valence-electron chi connectivity index (χ4n) is 4.60. The van der Waals surface area contributed by atoms with Crippen LogP contribution in [0.15, 0.2) is 55.6 Å². The first-order chi connectivity index (χ1) is 17.4. The van der Waals surface area contributed by atoms with E-state index in [-0.39, 0.29) is 49.4 Å². The highest BCUT2D eigenvalue weighted by molar-refractivity contribution is 5.86. The van der Waals surface area contributed by atoms with Crippen LogP contribution in [0.5, 0.6) is 0 Å². The van der Waals surface area contributed by atoms with Crippen LogP contribution < -0.4 is 5.32 Å². The second kappa shape index (κ2) is 15.9. The number of benzene rings is 1. The first-order valence-electron chi connectivity index (χ1n) is 13.0. The molecule has 1 heterocycles. The van der Waals surface area contributed by atoms with E-state index in [1.54, 1.807) is 17.9 Å². The smallest absolute Gasteiger partial charge is 0.309 e. The molecular weight excluding hydrogens is 456 g/mol. The molecule has 0 bridgehead atoms. The Labute approximate surface area is 215 Å². The first-order valence-corrected chi connectivity index (χ1v) is 13.0. The molecule has 0 radical (unpaired) electrons. The van der Waals surface area contributed by atoms with Gasteiger partial charge in [0.2, 0.25) is 11.8 Å². The third-order valence-corrected chi connectivity index (χ3v) is 6.63. The lowest BCUT2D eigenvalue weighted by Gasteiger charge is -2.26. The van der Waals surface area contributed by atoms with Gasteiger partial charge < -0.3 is 20.1 Å². The summed E-state index contributed by atoms with van der Waals surface area (Å²) in [7, 11) is 0. The normalized spacial score (nSPS) is 17.6. The number of amides is 2. The Kier molecular flexibility index (Phi) is 13.0. The van der Waals surface area contributed by atoms with Gasteiger partial charge in [0, 0.05) is 13.0 Å². The molecule has 2 rings (SSSR count). The Morgan fingerprint density at radius 2 is 1.94 bits per heavy atom. The number of carbonyl (C=O) groups excluding carboxylic acids is 3. The SMILES string of the molecule is C=CCCC[C@H](Cc1ccccc1)C(=O)OC[C@H](C)NC(=O)[C@H](CC=C)CC(=O)N1CCC[C@H]1CO.